The summed E-state index contributed by atoms with van der Waals surface area (Å²) in [5, 5.41) is 15.0. The molecule has 122 valence electrons. The average Bonchev–Trinajstić information content (AvgIpc) is 2.62. The minimum absolute atomic E-state index is 0.278. The first kappa shape index (κ1) is 16.2. The molecule has 0 radical (unpaired) electrons. The van der Waals surface area contributed by atoms with Gasteiger partial charge in [0.25, 0.3) is 5.91 Å². The second-order valence-corrected chi connectivity index (χ2v) is 5.57. The molecule has 2 N–H and O–H groups in total. The maximum absolute atomic E-state index is 12.4. The summed E-state index contributed by atoms with van der Waals surface area (Å²) in [6.07, 6.45) is 1.57. The number of carbonyl (C=O) groups excluding carboxylic acids is 1. The van der Waals surface area contributed by atoms with E-state index in [1.807, 2.05) is 37.3 Å². The van der Waals surface area contributed by atoms with Gasteiger partial charge in [-0.1, -0.05) is 18.2 Å². The van der Waals surface area contributed by atoms with Crippen LogP contribution >= 0.6 is 0 Å². The summed E-state index contributed by atoms with van der Waals surface area (Å²) in [6.45, 7) is 1.97. The van der Waals surface area contributed by atoms with Crippen LogP contribution < -0.4 is 10.6 Å². The van der Waals surface area contributed by atoms with Crippen LogP contribution in [0.25, 0.3) is 0 Å². The third kappa shape index (κ3) is 4.21. The topological polar surface area (TPSA) is 77.8 Å². The van der Waals surface area contributed by atoms with E-state index in [4.69, 9.17) is 5.26 Å². The van der Waals surface area contributed by atoms with E-state index >= 15 is 0 Å². The number of anilines is 3. The smallest absolute Gasteiger partial charge is 0.274 e. The molecule has 0 aliphatic rings. The number of rotatable bonds is 4. The van der Waals surface area contributed by atoms with Crippen LogP contribution in [0.5, 0.6) is 0 Å². The van der Waals surface area contributed by atoms with Crippen molar-refractivity contribution in [3.05, 3.63) is 83.7 Å². The number of nitriles is 1. The number of benzene rings is 2. The summed E-state index contributed by atoms with van der Waals surface area (Å²) in [7, 11) is 0. The molecule has 1 amide bonds. The molecule has 0 saturated carbocycles. The summed E-state index contributed by atoms with van der Waals surface area (Å²) >= 11 is 0. The standard InChI is InChI=1S/C20H16N4O/c1-14-4-2-6-16(10-14)24-20(25)19-12-18(8-9-22-19)23-17-7-3-5-15(11-17)13-21/h2-12H,1H3,(H,22,23)(H,24,25). The quantitative estimate of drug-likeness (QED) is 0.750. The molecule has 0 spiro atoms. The number of aryl methyl sites for hydroxylation is 1. The van der Waals surface area contributed by atoms with Crippen LogP contribution in [0.2, 0.25) is 0 Å². The van der Waals surface area contributed by atoms with Gasteiger partial charge in [-0.05, 0) is 55.0 Å². The van der Waals surface area contributed by atoms with Crippen molar-refractivity contribution >= 4 is 23.0 Å². The molecule has 0 aliphatic carbocycles. The molecule has 1 heterocycles. The van der Waals surface area contributed by atoms with E-state index in [9.17, 15) is 4.79 Å². The van der Waals surface area contributed by atoms with Crippen molar-refractivity contribution in [2.24, 2.45) is 0 Å². The predicted octanol–water partition coefficient (Wildman–Crippen LogP) is 4.26. The Balaban J connectivity index is 1.76. The fourth-order valence-electron chi connectivity index (χ4n) is 2.38. The number of amides is 1. The fraction of sp³-hybridized carbons (Fsp3) is 0.0500. The van der Waals surface area contributed by atoms with E-state index in [1.165, 1.54) is 0 Å². The molecule has 3 rings (SSSR count). The van der Waals surface area contributed by atoms with Crippen molar-refractivity contribution in [2.45, 2.75) is 6.92 Å². The lowest BCUT2D eigenvalue weighted by atomic mass is 10.2. The van der Waals surface area contributed by atoms with Gasteiger partial charge in [0.1, 0.15) is 5.69 Å². The maximum Gasteiger partial charge on any atom is 0.274 e. The normalized spacial score (nSPS) is 9.92. The van der Waals surface area contributed by atoms with Crippen molar-refractivity contribution in [2.75, 3.05) is 10.6 Å². The van der Waals surface area contributed by atoms with Gasteiger partial charge >= 0.3 is 0 Å². The molecule has 25 heavy (non-hydrogen) atoms. The minimum atomic E-state index is -0.278. The Bertz CT molecular complexity index is 960. The van der Waals surface area contributed by atoms with Crippen LogP contribution in [0, 0.1) is 18.3 Å². The monoisotopic (exact) mass is 328 g/mol. The molecular formula is C20H16N4O. The lowest BCUT2D eigenvalue weighted by Gasteiger charge is -2.09. The van der Waals surface area contributed by atoms with Gasteiger partial charge in [0.15, 0.2) is 0 Å². The lowest BCUT2D eigenvalue weighted by Crippen LogP contribution is -2.13. The van der Waals surface area contributed by atoms with Crippen LogP contribution in [0.3, 0.4) is 0 Å². The number of nitrogens with one attached hydrogen (secondary N) is 2. The van der Waals surface area contributed by atoms with Crippen LogP contribution in [0.4, 0.5) is 17.1 Å². The highest BCUT2D eigenvalue weighted by molar-refractivity contribution is 6.03. The first-order valence-corrected chi connectivity index (χ1v) is 7.75. The molecule has 0 bridgehead atoms. The van der Waals surface area contributed by atoms with Crippen molar-refractivity contribution in [3.63, 3.8) is 0 Å². The third-order valence-corrected chi connectivity index (χ3v) is 3.55. The van der Waals surface area contributed by atoms with Crippen LogP contribution in [0.15, 0.2) is 66.9 Å². The second kappa shape index (κ2) is 7.28. The number of hydrogen-bond acceptors (Lipinski definition) is 4. The van der Waals surface area contributed by atoms with Crippen molar-refractivity contribution in [1.29, 1.82) is 5.26 Å². The summed E-state index contributed by atoms with van der Waals surface area (Å²) in [5.74, 6) is -0.278. The van der Waals surface area contributed by atoms with E-state index in [0.29, 0.717) is 11.3 Å². The Morgan fingerprint density at radius 3 is 2.56 bits per heavy atom. The van der Waals surface area contributed by atoms with Crippen LogP contribution in [-0.4, -0.2) is 10.9 Å². The highest BCUT2D eigenvalue weighted by atomic mass is 16.1. The van der Waals surface area contributed by atoms with Gasteiger partial charge in [0, 0.05) is 23.3 Å². The number of nitrogens with zero attached hydrogens (tertiary/aromatic N) is 2. The molecule has 0 fully saturated rings. The lowest BCUT2D eigenvalue weighted by molar-refractivity contribution is 0.102. The van der Waals surface area contributed by atoms with Gasteiger partial charge in [-0.2, -0.15) is 5.26 Å². The van der Waals surface area contributed by atoms with E-state index in [1.54, 1.807) is 36.5 Å². The Hall–Kier alpha value is -3.65. The Morgan fingerprint density at radius 1 is 1.00 bits per heavy atom. The Morgan fingerprint density at radius 2 is 1.76 bits per heavy atom. The van der Waals surface area contributed by atoms with E-state index in [-0.39, 0.29) is 5.91 Å². The predicted molar refractivity (Wildman–Crippen MR) is 97.8 cm³/mol. The Labute approximate surface area is 146 Å². The van der Waals surface area contributed by atoms with Gasteiger partial charge in [-0.25, -0.2) is 0 Å². The van der Waals surface area contributed by atoms with Gasteiger partial charge in [-0.15, -0.1) is 0 Å². The van der Waals surface area contributed by atoms with E-state index < -0.39 is 0 Å². The largest absolute Gasteiger partial charge is 0.355 e. The average molecular weight is 328 g/mol. The number of pyridine rings is 1. The molecule has 5 heteroatoms. The van der Waals surface area contributed by atoms with Gasteiger partial charge in [0.05, 0.1) is 11.6 Å². The van der Waals surface area contributed by atoms with Gasteiger partial charge in [0.2, 0.25) is 0 Å². The number of carbonyl (C=O) groups is 1. The van der Waals surface area contributed by atoms with Gasteiger partial charge in [-0.3, -0.25) is 9.78 Å². The van der Waals surface area contributed by atoms with Crippen molar-refractivity contribution in [3.8, 4) is 6.07 Å². The fourth-order valence-corrected chi connectivity index (χ4v) is 2.38. The van der Waals surface area contributed by atoms with E-state index in [0.717, 1.165) is 22.6 Å². The zero-order chi connectivity index (χ0) is 17.6. The molecule has 0 aliphatic heterocycles. The molecule has 1 aromatic heterocycles. The molecule has 5 nitrogen and oxygen atoms in total. The first-order valence-electron chi connectivity index (χ1n) is 7.75. The zero-order valence-electron chi connectivity index (χ0n) is 13.7. The third-order valence-electron chi connectivity index (χ3n) is 3.55. The highest BCUT2D eigenvalue weighted by Crippen LogP contribution is 2.18. The van der Waals surface area contributed by atoms with Crippen LogP contribution in [-0.2, 0) is 0 Å². The van der Waals surface area contributed by atoms with Gasteiger partial charge < -0.3 is 10.6 Å². The number of hydrogen-bond donors (Lipinski definition) is 2. The SMILES string of the molecule is Cc1cccc(NC(=O)c2cc(Nc3cccc(C#N)c3)ccn2)c1. The summed E-state index contributed by atoms with van der Waals surface area (Å²) in [6, 6.07) is 20.3. The summed E-state index contributed by atoms with van der Waals surface area (Å²) < 4.78 is 0. The summed E-state index contributed by atoms with van der Waals surface area (Å²) in [4.78, 5) is 16.5. The highest BCUT2D eigenvalue weighted by Gasteiger charge is 2.09. The van der Waals surface area contributed by atoms with E-state index in [2.05, 4.69) is 21.7 Å². The Kier molecular flexibility index (Phi) is 4.72. The molecule has 3 aromatic rings. The van der Waals surface area contributed by atoms with Crippen molar-refractivity contribution in [1.82, 2.24) is 4.98 Å². The first-order chi connectivity index (χ1) is 12.1. The number of aromatic nitrogens is 1. The van der Waals surface area contributed by atoms with Crippen LogP contribution in [0.1, 0.15) is 21.6 Å². The molecule has 0 unspecified atom stereocenters. The molecule has 0 atom stereocenters. The second-order valence-electron chi connectivity index (χ2n) is 5.57. The minimum Gasteiger partial charge on any atom is -0.355 e. The molecule has 0 saturated heterocycles. The van der Waals surface area contributed by atoms with Crippen molar-refractivity contribution < 1.29 is 4.79 Å². The molecular weight excluding hydrogens is 312 g/mol. The maximum atomic E-state index is 12.4. The summed E-state index contributed by atoms with van der Waals surface area (Å²) in [5.41, 5.74) is 4.17. The molecule has 2 aromatic carbocycles. The zero-order valence-corrected chi connectivity index (χ0v) is 13.7.